The van der Waals surface area contributed by atoms with E-state index in [0.29, 0.717) is 50.9 Å². The maximum absolute atomic E-state index is 14.3. The molecule has 2 aromatic heterocycles. The van der Waals surface area contributed by atoms with Gasteiger partial charge in [-0.25, -0.2) is 4.79 Å². The fraction of sp³-hybridized carbons (Fsp3) is 0.182. The molecule has 0 spiro atoms. The van der Waals surface area contributed by atoms with Crippen LogP contribution < -0.4 is 29.2 Å². The monoisotopic (exact) mass is 618 g/mol. The lowest BCUT2D eigenvalue weighted by atomic mass is 9.95. The number of rotatable bonds is 10. The van der Waals surface area contributed by atoms with Crippen molar-refractivity contribution in [2.24, 2.45) is 0 Å². The molecule has 0 unspecified atom stereocenters. The Labute approximate surface area is 260 Å². The van der Waals surface area contributed by atoms with Gasteiger partial charge in [-0.1, -0.05) is 18.2 Å². The predicted molar refractivity (Wildman–Crippen MR) is 168 cm³/mol. The minimum atomic E-state index is -0.719. The van der Waals surface area contributed by atoms with Crippen LogP contribution in [0.1, 0.15) is 16.1 Å². The number of benzene rings is 3. The number of ether oxygens (including phenoxy) is 6. The zero-order valence-corrected chi connectivity index (χ0v) is 25.6. The fourth-order valence-corrected chi connectivity index (χ4v) is 4.95. The largest absolute Gasteiger partial charge is 0.493 e. The van der Waals surface area contributed by atoms with Crippen LogP contribution in [0.3, 0.4) is 0 Å². The number of hydrogen-bond donors (Lipinski definition) is 0. The van der Waals surface area contributed by atoms with Crippen molar-refractivity contribution in [3.05, 3.63) is 101 Å². The maximum atomic E-state index is 14.3. The van der Waals surface area contributed by atoms with Crippen LogP contribution in [0.15, 0.2) is 83.9 Å². The number of aromatic nitrogens is 2. The van der Waals surface area contributed by atoms with Gasteiger partial charge in [-0.2, -0.15) is 0 Å². The summed E-state index contributed by atoms with van der Waals surface area (Å²) in [6, 6.07) is 19.3. The van der Waals surface area contributed by atoms with Gasteiger partial charge in [0.05, 0.1) is 40.9 Å². The summed E-state index contributed by atoms with van der Waals surface area (Å²) in [5, 5.41) is 0.714. The van der Waals surface area contributed by atoms with Crippen molar-refractivity contribution in [1.82, 2.24) is 9.55 Å². The molecule has 11 heteroatoms. The van der Waals surface area contributed by atoms with Gasteiger partial charge < -0.3 is 28.4 Å². The number of carbonyl (C=O) groups is 1. The second-order valence-electron chi connectivity index (χ2n) is 9.30. The van der Waals surface area contributed by atoms with Gasteiger partial charge in [0.25, 0.3) is 5.56 Å². The van der Waals surface area contributed by atoms with E-state index >= 15 is 0 Å². The molecule has 0 amide bonds. The van der Waals surface area contributed by atoms with E-state index in [9.17, 15) is 9.59 Å². The molecule has 0 saturated heterocycles. The Morgan fingerprint density at radius 3 is 1.93 bits per heavy atom. The highest BCUT2D eigenvalue weighted by molar-refractivity contribution is 6.08. The molecular weight excluding hydrogens is 588 g/mol. The van der Waals surface area contributed by atoms with Gasteiger partial charge in [0.1, 0.15) is 12.3 Å². The average molecular weight is 619 g/mol. The zero-order chi connectivity index (χ0) is 30.5. The van der Waals surface area contributed by atoms with Crippen LogP contribution in [0.4, 0.5) is 0 Å². The first-order chi connectivity index (χ1) is 20.9. The second kappa shape index (κ2) is 13.8. The van der Waals surface area contributed by atoms with Crippen molar-refractivity contribution < 1.29 is 33.2 Å². The van der Waals surface area contributed by atoms with E-state index < -0.39 is 11.5 Å². The number of carbonyl (C=O) groups excluding carboxylic acids is 1. The normalized spacial score (nSPS) is 10.5. The van der Waals surface area contributed by atoms with E-state index in [4.69, 9.17) is 28.4 Å². The molecule has 2 heterocycles. The smallest absolute Gasteiger partial charge is 0.355 e. The van der Waals surface area contributed by atoms with Crippen LogP contribution in [-0.4, -0.2) is 51.1 Å². The van der Waals surface area contributed by atoms with Crippen LogP contribution in [0.2, 0.25) is 0 Å². The van der Waals surface area contributed by atoms with Crippen molar-refractivity contribution >= 4 is 29.1 Å². The molecular formula is C33H31ClN2O8. The summed E-state index contributed by atoms with van der Waals surface area (Å²) in [5.74, 6) is 1.10. The van der Waals surface area contributed by atoms with E-state index in [0.717, 1.165) is 5.56 Å². The summed E-state index contributed by atoms with van der Waals surface area (Å²) in [4.78, 5) is 31.9. The number of pyridine rings is 2. The minimum Gasteiger partial charge on any atom is -0.493 e. The molecule has 0 N–H and O–H groups in total. The summed E-state index contributed by atoms with van der Waals surface area (Å²) in [6.45, 7) is 0.219. The van der Waals surface area contributed by atoms with Crippen LogP contribution in [-0.2, 0) is 11.3 Å². The topological polar surface area (TPSA) is 107 Å². The first-order valence-corrected chi connectivity index (χ1v) is 13.2. The third-order valence-electron chi connectivity index (χ3n) is 6.96. The number of halogens is 1. The van der Waals surface area contributed by atoms with Crippen molar-refractivity contribution in [2.75, 3.05) is 35.5 Å². The Morgan fingerprint density at radius 1 is 0.750 bits per heavy atom. The van der Waals surface area contributed by atoms with Crippen LogP contribution in [0.5, 0.6) is 28.7 Å². The maximum Gasteiger partial charge on any atom is 0.355 e. The Hall–Kier alpha value is -5.22. The first-order valence-electron chi connectivity index (χ1n) is 13.2. The van der Waals surface area contributed by atoms with Gasteiger partial charge in [-0.15, -0.1) is 12.4 Å². The van der Waals surface area contributed by atoms with E-state index in [1.54, 1.807) is 60.9 Å². The summed E-state index contributed by atoms with van der Waals surface area (Å²) in [7, 11) is 7.28. The molecule has 10 nitrogen and oxygen atoms in total. The van der Waals surface area contributed by atoms with Gasteiger partial charge >= 0.3 is 5.97 Å². The minimum absolute atomic E-state index is 0. The second-order valence-corrected chi connectivity index (χ2v) is 9.30. The van der Waals surface area contributed by atoms with Crippen LogP contribution in [0.25, 0.3) is 27.6 Å². The van der Waals surface area contributed by atoms with Gasteiger partial charge in [0.2, 0.25) is 5.75 Å². The van der Waals surface area contributed by atoms with E-state index in [1.807, 2.05) is 18.2 Å². The summed E-state index contributed by atoms with van der Waals surface area (Å²) in [5.41, 5.74) is 1.82. The molecule has 0 bridgehead atoms. The lowest BCUT2D eigenvalue weighted by molar-refractivity contribution is 0.0591. The molecule has 0 aliphatic rings. The average Bonchev–Trinajstić information content (AvgIpc) is 3.06. The quantitative estimate of drug-likeness (QED) is 0.177. The fourth-order valence-electron chi connectivity index (χ4n) is 4.95. The number of nitrogens with zero attached hydrogens (tertiary/aromatic N) is 2. The summed E-state index contributed by atoms with van der Waals surface area (Å²) in [6.07, 6.45) is 3.35. The number of esters is 1. The molecule has 0 aliphatic carbocycles. The molecule has 228 valence electrons. The van der Waals surface area contributed by atoms with Gasteiger partial charge in [0.15, 0.2) is 23.0 Å². The molecule has 0 saturated carbocycles. The van der Waals surface area contributed by atoms with Crippen molar-refractivity contribution in [3.8, 4) is 45.6 Å². The Morgan fingerprint density at radius 2 is 1.36 bits per heavy atom. The molecule has 0 atom stereocenters. The molecule has 3 aromatic carbocycles. The SMILES string of the molecule is COC(=O)c1c(-c2cc(OC)c(OC)c(OC)c2)c2cc(OC)c(OCc3ccncc3)cc2c(=O)n1-c1ccccc1.Cl. The number of methoxy groups -OCH3 is 5. The standard InChI is InChI=1S/C33H30N2O8.ClH/c1-38-25-17-23-24(18-26(25)43-19-20-11-13-34-14-12-20)32(36)35(22-9-7-6-8-10-22)30(33(37)42-5)29(23)21-15-27(39-2)31(41-4)28(16-21)40-3;/h6-18H,19H2,1-5H3;1H. The van der Waals surface area contributed by atoms with Crippen LogP contribution in [0, 0.1) is 0 Å². The summed E-state index contributed by atoms with van der Waals surface area (Å²) >= 11 is 0. The van der Waals surface area contributed by atoms with Crippen molar-refractivity contribution in [3.63, 3.8) is 0 Å². The highest BCUT2D eigenvalue weighted by Crippen LogP contribution is 2.45. The lowest BCUT2D eigenvalue weighted by Crippen LogP contribution is -2.27. The molecule has 5 aromatic rings. The van der Waals surface area contributed by atoms with E-state index in [1.165, 1.54) is 40.1 Å². The molecule has 5 rings (SSSR count). The number of para-hydroxylation sites is 1. The highest BCUT2D eigenvalue weighted by Gasteiger charge is 2.28. The van der Waals surface area contributed by atoms with E-state index in [-0.39, 0.29) is 30.1 Å². The van der Waals surface area contributed by atoms with E-state index in [2.05, 4.69) is 4.98 Å². The summed E-state index contributed by atoms with van der Waals surface area (Å²) < 4.78 is 35.2. The Bertz CT molecular complexity index is 1820. The van der Waals surface area contributed by atoms with Gasteiger partial charge in [0, 0.05) is 29.0 Å². The predicted octanol–water partition coefficient (Wildman–Crippen LogP) is 5.87. The van der Waals surface area contributed by atoms with Crippen molar-refractivity contribution in [1.29, 1.82) is 0 Å². The molecule has 0 aliphatic heterocycles. The first kappa shape index (κ1) is 31.7. The lowest BCUT2D eigenvalue weighted by Gasteiger charge is -2.21. The number of hydrogen-bond acceptors (Lipinski definition) is 9. The van der Waals surface area contributed by atoms with Gasteiger partial charge in [-0.05, 0) is 59.7 Å². The number of fused-ring (bicyclic) bond motifs is 1. The Kier molecular flexibility index (Phi) is 9.97. The molecule has 0 fully saturated rings. The highest BCUT2D eigenvalue weighted by atomic mass is 35.5. The molecule has 44 heavy (non-hydrogen) atoms. The Balaban J connectivity index is 0.00000442. The molecule has 0 radical (unpaired) electrons. The van der Waals surface area contributed by atoms with Crippen LogP contribution >= 0.6 is 12.4 Å². The third kappa shape index (κ3) is 5.84. The zero-order valence-electron chi connectivity index (χ0n) is 24.8. The van der Waals surface area contributed by atoms with Crippen molar-refractivity contribution in [2.45, 2.75) is 6.61 Å². The third-order valence-corrected chi connectivity index (χ3v) is 6.96. The van der Waals surface area contributed by atoms with Gasteiger partial charge in [-0.3, -0.25) is 14.3 Å².